The van der Waals surface area contributed by atoms with E-state index in [1.807, 2.05) is 29.6 Å². The van der Waals surface area contributed by atoms with Crippen molar-refractivity contribution in [3.8, 4) is 0 Å². The smallest absolute Gasteiger partial charge is 0.305 e. The van der Waals surface area contributed by atoms with Crippen LogP contribution in [-0.2, 0) is 14.4 Å². The Hall–Kier alpha value is -2.67. The molecule has 7 heteroatoms. The number of fused-ring (bicyclic) bond motifs is 1. The number of hydrogen-bond acceptors (Lipinski definition) is 4. The second kappa shape index (κ2) is 7.06. The van der Waals surface area contributed by atoms with Gasteiger partial charge in [0.05, 0.1) is 18.4 Å². The highest BCUT2D eigenvalue weighted by molar-refractivity contribution is 7.10. The van der Waals surface area contributed by atoms with Crippen LogP contribution in [0.3, 0.4) is 0 Å². The first kappa shape index (κ1) is 17.2. The Kier molecular flexibility index (Phi) is 4.85. The minimum atomic E-state index is -0.987. The van der Waals surface area contributed by atoms with Gasteiger partial charge in [0.15, 0.2) is 0 Å². The van der Waals surface area contributed by atoms with Crippen LogP contribution in [0.25, 0.3) is 0 Å². The van der Waals surface area contributed by atoms with E-state index in [-0.39, 0.29) is 24.7 Å². The van der Waals surface area contributed by atoms with Gasteiger partial charge in [-0.2, -0.15) is 0 Å². The van der Waals surface area contributed by atoms with Crippen LogP contribution in [0.15, 0.2) is 41.8 Å². The van der Waals surface area contributed by atoms with Gasteiger partial charge in [0.25, 0.3) is 0 Å². The fraction of sp³-hybridized carbons (Fsp3) is 0.278. The highest BCUT2D eigenvalue weighted by atomic mass is 32.1. The van der Waals surface area contributed by atoms with E-state index in [4.69, 9.17) is 5.11 Å². The zero-order valence-electron chi connectivity index (χ0n) is 13.6. The van der Waals surface area contributed by atoms with Crippen molar-refractivity contribution in [2.24, 2.45) is 0 Å². The van der Waals surface area contributed by atoms with Gasteiger partial charge in [-0.1, -0.05) is 24.3 Å². The molecule has 1 aromatic carbocycles. The standard InChI is InChI=1S/C18H18N2O4S/c1-20-14-6-3-2-5-11(14)12(9-16(20)21)18(24)19-13(10-17(22)23)15-7-4-8-25-15/h2-8,12-13H,9-10H2,1H3,(H,19,24)(H,22,23)/t12-,13-/m1/s1. The molecule has 2 amide bonds. The number of amides is 2. The molecule has 0 saturated carbocycles. The van der Waals surface area contributed by atoms with Crippen molar-refractivity contribution in [2.75, 3.05) is 11.9 Å². The third-order valence-electron chi connectivity index (χ3n) is 4.32. The number of aliphatic carboxylic acids is 1. The summed E-state index contributed by atoms with van der Waals surface area (Å²) < 4.78 is 0. The molecule has 0 saturated heterocycles. The fourth-order valence-corrected chi connectivity index (χ4v) is 3.81. The van der Waals surface area contributed by atoms with E-state index in [1.54, 1.807) is 24.1 Å². The SMILES string of the molecule is CN1C(=O)C[C@@H](C(=O)N[C@H](CC(=O)O)c2cccs2)c2ccccc21. The Morgan fingerprint density at radius 1 is 1.32 bits per heavy atom. The van der Waals surface area contributed by atoms with E-state index in [1.165, 1.54) is 11.3 Å². The number of carbonyl (C=O) groups is 3. The molecular weight excluding hydrogens is 340 g/mol. The average Bonchev–Trinajstić information content (AvgIpc) is 3.11. The molecule has 2 atom stereocenters. The Morgan fingerprint density at radius 3 is 2.76 bits per heavy atom. The zero-order valence-corrected chi connectivity index (χ0v) is 14.5. The number of rotatable bonds is 5. The van der Waals surface area contributed by atoms with Crippen molar-refractivity contribution in [3.63, 3.8) is 0 Å². The van der Waals surface area contributed by atoms with Crippen LogP contribution in [0.4, 0.5) is 5.69 Å². The van der Waals surface area contributed by atoms with Crippen LogP contribution < -0.4 is 10.2 Å². The Labute approximate surface area is 149 Å². The lowest BCUT2D eigenvalue weighted by molar-refractivity contribution is -0.138. The first-order valence-corrected chi connectivity index (χ1v) is 8.76. The summed E-state index contributed by atoms with van der Waals surface area (Å²) in [6.07, 6.45) is -0.127. The van der Waals surface area contributed by atoms with E-state index in [9.17, 15) is 14.4 Å². The number of para-hydroxylation sites is 1. The fourth-order valence-electron chi connectivity index (χ4n) is 3.04. The number of hydrogen-bond donors (Lipinski definition) is 2. The summed E-state index contributed by atoms with van der Waals surface area (Å²) in [7, 11) is 1.69. The van der Waals surface area contributed by atoms with Crippen LogP contribution in [0.2, 0.25) is 0 Å². The number of carboxylic acid groups (broad SMARTS) is 1. The molecule has 1 aliphatic rings. The van der Waals surface area contributed by atoms with Crippen molar-refractivity contribution in [1.29, 1.82) is 0 Å². The van der Waals surface area contributed by atoms with Crippen LogP contribution in [0.1, 0.15) is 35.2 Å². The van der Waals surface area contributed by atoms with Crippen LogP contribution in [0, 0.1) is 0 Å². The van der Waals surface area contributed by atoms with Gasteiger partial charge in [-0.3, -0.25) is 14.4 Å². The number of benzene rings is 1. The molecule has 0 unspecified atom stereocenters. The van der Waals surface area contributed by atoms with Gasteiger partial charge in [-0.25, -0.2) is 0 Å². The summed E-state index contributed by atoms with van der Waals surface area (Å²) in [4.78, 5) is 38.5. The summed E-state index contributed by atoms with van der Waals surface area (Å²) in [6, 6.07) is 10.3. The molecule has 0 fully saturated rings. The Balaban J connectivity index is 1.86. The average molecular weight is 358 g/mol. The maximum absolute atomic E-state index is 12.8. The van der Waals surface area contributed by atoms with Crippen molar-refractivity contribution in [1.82, 2.24) is 5.32 Å². The van der Waals surface area contributed by atoms with E-state index >= 15 is 0 Å². The molecule has 0 spiro atoms. The minimum absolute atomic E-state index is 0.0730. The van der Waals surface area contributed by atoms with E-state index in [0.29, 0.717) is 5.69 Å². The van der Waals surface area contributed by atoms with Gasteiger partial charge in [0.1, 0.15) is 0 Å². The third-order valence-corrected chi connectivity index (χ3v) is 5.31. The Morgan fingerprint density at radius 2 is 2.08 bits per heavy atom. The zero-order chi connectivity index (χ0) is 18.0. The van der Waals surface area contributed by atoms with Crippen molar-refractivity contribution < 1.29 is 19.5 Å². The molecule has 0 bridgehead atoms. The van der Waals surface area contributed by atoms with Gasteiger partial charge in [-0.15, -0.1) is 11.3 Å². The summed E-state index contributed by atoms with van der Waals surface area (Å²) in [5.41, 5.74) is 1.49. The normalized spacial score (nSPS) is 17.7. The minimum Gasteiger partial charge on any atom is -0.481 e. The number of anilines is 1. The Bertz CT molecular complexity index is 803. The van der Waals surface area contributed by atoms with Gasteiger partial charge < -0.3 is 15.3 Å². The van der Waals surface area contributed by atoms with Crippen LogP contribution >= 0.6 is 11.3 Å². The van der Waals surface area contributed by atoms with E-state index < -0.39 is 17.9 Å². The molecule has 1 aliphatic heterocycles. The first-order chi connectivity index (χ1) is 12.0. The van der Waals surface area contributed by atoms with Gasteiger partial charge in [0, 0.05) is 24.0 Å². The summed E-state index contributed by atoms with van der Waals surface area (Å²) >= 11 is 1.39. The van der Waals surface area contributed by atoms with Crippen LogP contribution in [0.5, 0.6) is 0 Å². The molecule has 6 nitrogen and oxygen atoms in total. The quantitative estimate of drug-likeness (QED) is 0.860. The molecule has 3 rings (SSSR count). The molecule has 0 aliphatic carbocycles. The maximum atomic E-state index is 12.8. The molecule has 2 heterocycles. The van der Waals surface area contributed by atoms with Gasteiger partial charge >= 0.3 is 5.97 Å². The molecule has 25 heavy (non-hydrogen) atoms. The highest BCUT2D eigenvalue weighted by Gasteiger charge is 2.34. The van der Waals surface area contributed by atoms with Gasteiger partial charge in [-0.05, 0) is 23.1 Å². The topological polar surface area (TPSA) is 86.7 Å². The monoisotopic (exact) mass is 358 g/mol. The van der Waals surface area contributed by atoms with Crippen molar-refractivity contribution in [2.45, 2.75) is 24.8 Å². The molecule has 2 N–H and O–H groups in total. The predicted octanol–water partition coefficient (Wildman–Crippen LogP) is 2.53. The lowest BCUT2D eigenvalue weighted by Crippen LogP contribution is -2.40. The second-order valence-corrected chi connectivity index (χ2v) is 6.92. The molecular formula is C18H18N2O4S. The number of thiophene rings is 1. The van der Waals surface area contributed by atoms with Crippen molar-refractivity contribution >= 4 is 34.8 Å². The lowest BCUT2D eigenvalue weighted by atomic mass is 9.88. The largest absolute Gasteiger partial charge is 0.481 e. The third kappa shape index (κ3) is 3.56. The van der Waals surface area contributed by atoms with E-state index in [0.717, 1.165) is 10.4 Å². The van der Waals surface area contributed by atoms with E-state index in [2.05, 4.69) is 5.32 Å². The number of nitrogens with one attached hydrogen (secondary N) is 1. The lowest BCUT2D eigenvalue weighted by Gasteiger charge is -2.31. The number of carboxylic acids is 1. The molecule has 2 aromatic rings. The molecule has 0 radical (unpaired) electrons. The number of carbonyl (C=O) groups excluding carboxylic acids is 2. The molecule has 1 aromatic heterocycles. The first-order valence-electron chi connectivity index (χ1n) is 7.88. The van der Waals surface area contributed by atoms with Gasteiger partial charge in [0.2, 0.25) is 11.8 Å². The highest BCUT2D eigenvalue weighted by Crippen LogP contribution is 2.36. The number of nitrogens with zero attached hydrogens (tertiary/aromatic N) is 1. The second-order valence-electron chi connectivity index (χ2n) is 5.94. The summed E-state index contributed by atoms with van der Waals surface area (Å²) in [5.74, 6) is -2.06. The predicted molar refractivity (Wildman–Crippen MR) is 94.7 cm³/mol. The summed E-state index contributed by atoms with van der Waals surface area (Å²) in [5, 5.41) is 13.8. The maximum Gasteiger partial charge on any atom is 0.305 e. The summed E-state index contributed by atoms with van der Waals surface area (Å²) in [6.45, 7) is 0. The van der Waals surface area contributed by atoms with Crippen molar-refractivity contribution in [3.05, 3.63) is 52.2 Å². The molecule has 130 valence electrons. The van der Waals surface area contributed by atoms with Crippen LogP contribution in [-0.4, -0.2) is 29.9 Å².